The van der Waals surface area contributed by atoms with Crippen LogP contribution in [0.15, 0.2) is 49.1 Å². The predicted molar refractivity (Wildman–Crippen MR) is 72.1 cm³/mol. The number of phenols is 1. The lowest BCUT2D eigenvalue weighted by Crippen LogP contribution is -2.07. The van der Waals surface area contributed by atoms with E-state index in [0.29, 0.717) is 0 Å². The highest BCUT2D eigenvalue weighted by molar-refractivity contribution is 9.09. The van der Waals surface area contributed by atoms with Crippen molar-refractivity contribution in [3.05, 3.63) is 49.1 Å². The number of anilines is 1. The lowest BCUT2D eigenvalue weighted by atomic mass is 10.1. The van der Waals surface area contributed by atoms with Crippen molar-refractivity contribution in [2.45, 2.75) is 4.95 Å². The molecule has 0 radical (unpaired) electrons. The van der Waals surface area contributed by atoms with Crippen molar-refractivity contribution in [2.24, 2.45) is 0 Å². The van der Waals surface area contributed by atoms with E-state index in [-0.39, 0.29) is 10.7 Å². The zero-order valence-electron chi connectivity index (χ0n) is 8.65. The van der Waals surface area contributed by atoms with E-state index in [1.807, 2.05) is 24.3 Å². The number of nitrogens with one attached hydrogen (secondary N) is 1. The molecule has 2 aromatic rings. The molecule has 0 heterocycles. The molecule has 0 aliphatic carbocycles. The molecule has 0 spiro atoms. The number of fused-ring (bicyclic) bond motifs is 1. The minimum atomic E-state index is -0.0160. The molecule has 0 saturated heterocycles. The first kappa shape index (κ1) is 11.0. The van der Waals surface area contributed by atoms with Crippen LogP contribution in [0.4, 0.5) is 5.69 Å². The lowest BCUT2D eigenvalue weighted by molar-refractivity contribution is 0.476. The minimum absolute atomic E-state index is 0.0160. The van der Waals surface area contributed by atoms with Crippen molar-refractivity contribution in [1.82, 2.24) is 0 Å². The van der Waals surface area contributed by atoms with Crippen LogP contribution in [0, 0.1) is 0 Å². The minimum Gasteiger partial charge on any atom is -0.508 e. The van der Waals surface area contributed by atoms with Gasteiger partial charge in [0.05, 0.1) is 0 Å². The summed E-state index contributed by atoms with van der Waals surface area (Å²) in [6, 6.07) is 11.4. The Bertz CT molecular complexity index is 524. The number of benzene rings is 2. The zero-order chi connectivity index (χ0) is 11.5. The Hall–Kier alpha value is -1.48. The summed E-state index contributed by atoms with van der Waals surface area (Å²) in [5, 5.41) is 14.9. The summed E-state index contributed by atoms with van der Waals surface area (Å²) in [6.07, 6.45) is 1.75. The van der Waals surface area contributed by atoms with Crippen LogP contribution < -0.4 is 5.32 Å². The van der Waals surface area contributed by atoms with Crippen LogP contribution in [0.3, 0.4) is 0 Å². The fourth-order valence-electron chi connectivity index (χ4n) is 1.62. The normalized spacial score (nSPS) is 12.3. The maximum atomic E-state index is 9.62. The van der Waals surface area contributed by atoms with Crippen LogP contribution in [0.2, 0.25) is 0 Å². The average molecular weight is 278 g/mol. The molecular formula is C13H12BrNO. The number of halogens is 1. The largest absolute Gasteiger partial charge is 0.508 e. The molecule has 2 N–H and O–H groups in total. The highest BCUT2D eigenvalue weighted by atomic mass is 79.9. The van der Waals surface area contributed by atoms with Gasteiger partial charge in [0.25, 0.3) is 0 Å². The molecule has 1 unspecified atom stereocenters. The molecule has 0 fully saturated rings. The standard InChI is InChI=1S/C13H12BrNO/c1-2-13(14)15-12-8-10(16)7-9-5-3-4-6-11(9)12/h2-8,13,15-16H,1H2. The maximum absolute atomic E-state index is 9.62. The van der Waals surface area contributed by atoms with Gasteiger partial charge in [-0.2, -0.15) is 0 Å². The van der Waals surface area contributed by atoms with Crippen molar-refractivity contribution in [3.8, 4) is 5.75 Å². The van der Waals surface area contributed by atoms with Gasteiger partial charge in [0.1, 0.15) is 10.7 Å². The number of rotatable bonds is 3. The van der Waals surface area contributed by atoms with E-state index >= 15 is 0 Å². The smallest absolute Gasteiger partial charge is 0.118 e. The Morgan fingerprint density at radius 2 is 2.06 bits per heavy atom. The summed E-state index contributed by atoms with van der Waals surface area (Å²) >= 11 is 3.41. The number of alkyl halides is 1. The molecular weight excluding hydrogens is 266 g/mol. The monoisotopic (exact) mass is 277 g/mol. The number of aromatic hydroxyl groups is 1. The van der Waals surface area contributed by atoms with Gasteiger partial charge in [-0.25, -0.2) is 0 Å². The first-order chi connectivity index (χ1) is 7.70. The molecule has 2 aromatic carbocycles. The molecule has 0 aliphatic rings. The Morgan fingerprint density at radius 3 is 2.81 bits per heavy atom. The molecule has 16 heavy (non-hydrogen) atoms. The highest BCUT2D eigenvalue weighted by Crippen LogP contribution is 2.29. The second-order valence-corrected chi connectivity index (χ2v) is 4.48. The fraction of sp³-hybridized carbons (Fsp3) is 0.0769. The second kappa shape index (κ2) is 4.58. The number of hydrogen-bond donors (Lipinski definition) is 2. The lowest BCUT2D eigenvalue weighted by Gasteiger charge is -2.12. The molecule has 1 atom stereocenters. The van der Waals surface area contributed by atoms with E-state index < -0.39 is 0 Å². The Kier molecular flexibility index (Phi) is 3.15. The predicted octanol–water partition coefficient (Wildman–Crippen LogP) is 3.86. The SMILES string of the molecule is C=CC(Br)Nc1cc(O)cc2ccccc12. The van der Waals surface area contributed by atoms with Crippen LogP contribution in [-0.2, 0) is 0 Å². The van der Waals surface area contributed by atoms with Crippen molar-refractivity contribution in [2.75, 3.05) is 5.32 Å². The zero-order valence-corrected chi connectivity index (χ0v) is 10.2. The Morgan fingerprint density at radius 1 is 1.31 bits per heavy atom. The van der Waals surface area contributed by atoms with Crippen LogP contribution >= 0.6 is 15.9 Å². The van der Waals surface area contributed by atoms with E-state index in [1.165, 1.54) is 0 Å². The van der Waals surface area contributed by atoms with Crippen LogP contribution in [0.1, 0.15) is 0 Å². The third kappa shape index (κ3) is 2.19. The first-order valence-corrected chi connectivity index (χ1v) is 5.87. The number of phenolic OH excluding ortho intramolecular Hbond substituents is 1. The molecule has 2 nitrogen and oxygen atoms in total. The van der Waals surface area contributed by atoms with Gasteiger partial charge in [-0.1, -0.05) is 46.3 Å². The van der Waals surface area contributed by atoms with Gasteiger partial charge in [0, 0.05) is 17.1 Å². The second-order valence-electron chi connectivity index (χ2n) is 3.50. The van der Waals surface area contributed by atoms with E-state index in [4.69, 9.17) is 0 Å². The summed E-state index contributed by atoms with van der Waals surface area (Å²) in [6.45, 7) is 3.69. The van der Waals surface area contributed by atoms with Gasteiger partial charge in [-0.15, -0.1) is 6.58 Å². The Balaban J connectivity index is 2.54. The summed E-state index contributed by atoms with van der Waals surface area (Å²) < 4.78 is 0. The van der Waals surface area contributed by atoms with Crippen molar-refractivity contribution >= 4 is 32.4 Å². The van der Waals surface area contributed by atoms with Gasteiger partial charge >= 0.3 is 0 Å². The summed E-state index contributed by atoms with van der Waals surface area (Å²) in [5.41, 5.74) is 0.886. The summed E-state index contributed by atoms with van der Waals surface area (Å²) in [5.74, 6) is 0.255. The number of hydrogen-bond acceptors (Lipinski definition) is 2. The first-order valence-electron chi connectivity index (χ1n) is 4.95. The maximum Gasteiger partial charge on any atom is 0.118 e. The molecule has 0 bridgehead atoms. The van der Waals surface area contributed by atoms with Crippen molar-refractivity contribution in [1.29, 1.82) is 0 Å². The molecule has 0 aliphatic heterocycles. The summed E-state index contributed by atoms with van der Waals surface area (Å²) in [7, 11) is 0. The fourth-order valence-corrected chi connectivity index (χ4v) is 1.87. The molecule has 3 heteroatoms. The molecule has 82 valence electrons. The van der Waals surface area contributed by atoms with Crippen LogP contribution in [0.5, 0.6) is 5.75 Å². The topological polar surface area (TPSA) is 32.3 Å². The van der Waals surface area contributed by atoms with E-state index in [0.717, 1.165) is 16.5 Å². The van der Waals surface area contributed by atoms with E-state index in [1.54, 1.807) is 18.2 Å². The van der Waals surface area contributed by atoms with Gasteiger partial charge in [-0.3, -0.25) is 0 Å². The molecule has 2 rings (SSSR count). The van der Waals surface area contributed by atoms with Gasteiger partial charge in [0.2, 0.25) is 0 Å². The van der Waals surface area contributed by atoms with Gasteiger partial charge < -0.3 is 10.4 Å². The molecule has 0 aromatic heterocycles. The average Bonchev–Trinajstić information content (AvgIpc) is 2.28. The molecule has 0 amide bonds. The van der Waals surface area contributed by atoms with E-state index in [2.05, 4.69) is 27.8 Å². The van der Waals surface area contributed by atoms with Gasteiger partial charge in [0.15, 0.2) is 0 Å². The van der Waals surface area contributed by atoms with Crippen molar-refractivity contribution in [3.63, 3.8) is 0 Å². The van der Waals surface area contributed by atoms with Crippen LogP contribution in [-0.4, -0.2) is 10.1 Å². The third-order valence-electron chi connectivity index (χ3n) is 2.35. The Labute approximate surface area is 103 Å². The quantitative estimate of drug-likeness (QED) is 0.507. The van der Waals surface area contributed by atoms with Crippen LogP contribution in [0.25, 0.3) is 10.8 Å². The third-order valence-corrected chi connectivity index (χ3v) is 2.95. The molecule has 0 saturated carbocycles. The highest BCUT2D eigenvalue weighted by Gasteiger charge is 2.05. The summed E-state index contributed by atoms with van der Waals surface area (Å²) in [4.78, 5) is -0.0160. The van der Waals surface area contributed by atoms with E-state index in [9.17, 15) is 5.11 Å². The van der Waals surface area contributed by atoms with Crippen molar-refractivity contribution < 1.29 is 5.11 Å². The van der Waals surface area contributed by atoms with Gasteiger partial charge in [-0.05, 0) is 11.5 Å².